The van der Waals surface area contributed by atoms with Crippen LogP contribution >= 0.6 is 11.8 Å². The minimum atomic E-state index is -1.32. The summed E-state index contributed by atoms with van der Waals surface area (Å²) >= 11 is 1.40. The first kappa shape index (κ1) is 13.9. The summed E-state index contributed by atoms with van der Waals surface area (Å²) < 4.78 is 0. The molecule has 2 rings (SSSR count). The monoisotopic (exact) mass is 281 g/mol. The number of carboxylic acids is 1. The molecule has 6 heteroatoms. The van der Waals surface area contributed by atoms with Crippen molar-refractivity contribution in [1.29, 1.82) is 0 Å². The minimum absolute atomic E-state index is 0.244. The second kappa shape index (κ2) is 5.63. The molecule has 1 heterocycles. The van der Waals surface area contributed by atoms with E-state index in [4.69, 9.17) is 5.11 Å². The highest BCUT2D eigenvalue weighted by molar-refractivity contribution is 8.00. The van der Waals surface area contributed by atoms with Crippen molar-refractivity contribution in [1.82, 2.24) is 4.90 Å². The van der Waals surface area contributed by atoms with Crippen LogP contribution in [0.3, 0.4) is 0 Å². The molecule has 0 spiro atoms. The number of benzene rings is 1. The fourth-order valence-electron chi connectivity index (χ4n) is 2.09. The predicted octanol–water partition coefficient (Wildman–Crippen LogP) is 1.09. The number of carbonyl (C=O) groups excluding carboxylic acids is 1. The van der Waals surface area contributed by atoms with E-state index in [0.717, 1.165) is 0 Å². The van der Waals surface area contributed by atoms with E-state index in [0.29, 0.717) is 11.3 Å². The fourth-order valence-corrected chi connectivity index (χ4v) is 3.26. The lowest BCUT2D eigenvalue weighted by atomic mass is 10.1. The van der Waals surface area contributed by atoms with Crippen molar-refractivity contribution in [2.24, 2.45) is 0 Å². The van der Waals surface area contributed by atoms with Crippen molar-refractivity contribution >= 4 is 23.6 Å². The zero-order valence-electron chi connectivity index (χ0n) is 10.4. The molecule has 1 aliphatic rings. The van der Waals surface area contributed by atoms with E-state index < -0.39 is 24.0 Å². The topological polar surface area (TPSA) is 77.8 Å². The van der Waals surface area contributed by atoms with Gasteiger partial charge in [-0.1, -0.05) is 30.3 Å². The Labute approximate surface area is 115 Å². The molecule has 0 saturated carbocycles. The molecule has 1 aromatic carbocycles. The second-order valence-corrected chi connectivity index (χ2v) is 5.69. The van der Waals surface area contributed by atoms with E-state index in [2.05, 4.69) is 0 Å². The van der Waals surface area contributed by atoms with Gasteiger partial charge in [-0.2, -0.15) is 0 Å². The number of thioether (sulfide) groups is 1. The quantitative estimate of drug-likeness (QED) is 0.867. The molecular formula is C13H15NO4S. The van der Waals surface area contributed by atoms with Crippen LogP contribution in [0.2, 0.25) is 0 Å². The predicted molar refractivity (Wildman–Crippen MR) is 71.6 cm³/mol. The van der Waals surface area contributed by atoms with Crippen LogP contribution in [0.15, 0.2) is 30.3 Å². The molecule has 1 amide bonds. The molecule has 0 radical (unpaired) electrons. The Morgan fingerprint density at radius 1 is 1.37 bits per heavy atom. The average Bonchev–Trinajstić information content (AvgIpc) is 2.80. The average molecular weight is 281 g/mol. The number of aliphatic hydroxyl groups is 1. The number of amides is 1. The molecule has 1 fully saturated rings. The number of aliphatic carboxylic acids is 1. The molecule has 3 unspecified atom stereocenters. The Bertz CT molecular complexity index is 479. The third-order valence-corrected chi connectivity index (χ3v) is 4.33. The molecule has 0 aromatic heterocycles. The van der Waals surface area contributed by atoms with Crippen LogP contribution in [-0.2, 0) is 9.59 Å². The highest BCUT2D eigenvalue weighted by Crippen LogP contribution is 2.31. The Kier molecular flexibility index (Phi) is 4.11. The smallest absolute Gasteiger partial charge is 0.327 e. The van der Waals surface area contributed by atoms with E-state index in [1.54, 1.807) is 37.3 Å². The molecule has 19 heavy (non-hydrogen) atoms. The van der Waals surface area contributed by atoms with E-state index in [1.807, 2.05) is 0 Å². The van der Waals surface area contributed by atoms with Gasteiger partial charge in [0.25, 0.3) is 5.91 Å². The third kappa shape index (κ3) is 2.74. The number of hydrogen-bond acceptors (Lipinski definition) is 4. The Hall–Kier alpha value is -1.53. The summed E-state index contributed by atoms with van der Waals surface area (Å²) in [5, 5.41) is 18.9. The van der Waals surface area contributed by atoms with Gasteiger partial charge in [-0.3, -0.25) is 4.79 Å². The number of aliphatic hydroxyl groups excluding tert-OH is 1. The lowest BCUT2D eigenvalue weighted by Crippen LogP contribution is -2.46. The molecule has 1 aromatic rings. The standard InChI is InChI=1S/C13H15NO4S/c1-8-14(10(7-19-8)13(17)18)12(16)11(15)9-5-3-2-4-6-9/h2-6,8,10-11,15H,7H2,1H3,(H,17,18). The van der Waals surface area contributed by atoms with Gasteiger partial charge in [0.15, 0.2) is 6.10 Å². The van der Waals surface area contributed by atoms with Crippen molar-refractivity contribution in [2.75, 3.05) is 5.75 Å². The highest BCUT2D eigenvalue weighted by Gasteiger charge is 2.41. The SMILES string of the molecule is CC1SCC(C(=O)O)N1C(=O)C(O)c1ccccc1. The van der Waals surface area contributed by atoms with Gasteiger partial charge in [-0.15, -0.1) is 11.8 Å². The number of carboxylic acid groups (broad SMARTS) is 1. The van der Waals surface area contributed by atoms with Gasteiger partial charge in [-0.05, 0) is 12.5 Å². The van der Waals surface area contributed by atoms with E-state index >= 15 is 0 Å². The van der Waals surface area contributed by atoms with Gasteiger partial charge < -0.3 is 15.1 Å². The maximum atomic E-state index is 12.3. The molecule has 1 saturated heterocycles. The van der Waals surface area contributed by atoms with E-state index in [1.165, 1.54) is 16.7 Å². The van der Waals surface area contributed by atoms with Gasteiger partial charge in [0.2, 0.25) is 0 Å². The largest absolute Gasteiger partial charge is 0.480 e. The molecule has 5 nitrogen and oxygen atoms in total. The van der Waals surface area contributed by atoms with E-state index in [9.17, 15) is 14.7 Å². The molecule has 2 N–H and O–H groups in total. The van der Waals surface area contributed by atoms with Gasteiger partial charge in [0.1, 0.15) is 6.04 Å². The summed E-state index contributed by atoms with van der Waals surface area (Å²) in [5.74, 6) is -1.24. The van der Waals surface area contributed by atoms with Crippen molar-refractivity contribution in [3.8, 4) is 0 Å². The first-order chi connectivity index (χ1) is 9.02. The highest BCUT2D eigenvalue weighted by atomic mass is 32.2. The maximum absolute atomic E-state index is 12.3. The van der Waals surface area contributed by atoms with Crippen LogP contribution in [0.25, 0.3) is 0 Å². The normalized spacial score (nSPS) is 24.2. The number of nitrogens with zero attached hydrogens (tertiary/aromatic N) is 1. The first-order valence-electron chi connectivity index (χ1n) is 5.92. The van der Waals surface area contributed by atoms with Crippen LogP contribution in [0.1, 0.15) is 18.6 Å². The lowest BCUT2D eigenvalue weighted by Gasteiger charge is -2.27. The second-order valence-electron chi connectivity index (χ2n) is 4.35. The van der Waals surface area contributed by atoms with Crippen LogP contribution in [-0.4, -0.2) is 44.2 Å². The fraction of sp³-hybridized carbons (Fsp3) is 0.385. The molecule has 0 bridgehead atoms. The van der Waals surface area contributed by atoms with Gasteiger partial charge in [0, 0.05) is 5.75 Å². The van der Waals surface area contributed by atoms with Gasteiger partial charge >= 0.3 is 5.97 Å². The summed E-state index contributed by atoms with van der Waals surface area (Å²) in [7, 11) is 0. The minimum Gasteiger partial charge on any atom is -0.480 e. The van der Waals surface area contributed by atoms with E-state index in [-0.39, 0.29) is 5.37 Å². The Morgan fingerprint density at radius 3 is 2.58 bits per heavy atom. The van der Waals surface area contributed by atoms with Crippen molar-refractivity contribution in [3.63, 3.8) is 0 Å². The molecular weight excluding hydrogens is 266 g/mol. The molecule has 0 aliphatic carbocycles. The summed E-state index contributed by atoms with van der Waals surface area (Å²) in [4.78, 5) is 24.7. The summed E-state index contributed by atoms with van der Waals surface area (Å²) in [6.07, 6.45) is -1.32. The number of carbonyl (C=O) groups is 2. The lowest BCUT2D eigenvalue weighted by molar-refractivity contribution is -0.153. The Morgan fingerprint density at radius 2 is 2.00 bits per heavy atom. The molecule has 3 atom stereocenters. The van der Waals surface area contributed by atoms with Crippen molar-refractivity contribution < 1.29 is 19.8 Å². The number of hydrogen-bond donors (Lipinski definition) is 2. The molecule has 1 aliphatic heterocycles. The zero-order valence-corrected chi connectivity index (χ0v) is 11.2. The van der Waals surface area contributed by atoms with Crippen molar-refractivity contribution in [3.05, 3.63) is 35.9 Å². The Balaban J connectivity index is 2.20. The summed E-state index contributed by atoms with van der Waals surface area (Å²) in [6, 6.07) is 7.66. The van der Waals surface area contributed by atoms with Crippen LogP contribution < -0.4 is 0 Å². The van der Waals surface area contributed by atoms with Crippen LogP contribution in [0.4, 0.5) is 0 Å². The summed E-state index contributed by atoms with van der Waals surface area (Å²) in [6.45, 7) is 1.77. The third-order valence-electron chi connectivity index (χ3n) is 3.11. The molecule has 102 valence electrons. The van der Waals surface area contributed by atoms with Crippen LogP contribution in [0, 0.1) is 0 Å². The van der Waals surface area contributed by atoms with Gasteiger partial charge in [-0.25, -0.2) is 4.79 Å². The van der Waals surface area contributed by atoms with Crippen molar-refractivity contribution in [2.45, 2.75) is 24.4 Å². The van der Waals surface area contributed by atoms with Gasteiger partial charge in [0.05, 0.1) is 5.37 Å². The van der Waals surface area contributed by atoms with Crippen LogP contribution in [0.5, 0.6) is 0 Å². The maximum Gasteiger partial charge on any atom is 0.327 e. The zero-order chi connectivity index (χ0) is 14.0. The number of rotatable bonds is 3. The summed E-state index contributed by atoms with van der Waals surface area (Å²) in [5.41, 5.74) is 0.473. The first-order valence-corrected chi connectivity index (χ1v) is 6.97.